The van der Waals surface area contributed by atoms with E-state index in [1.165, 1.54) is 11.3 Å². The second-order valence-corrected chi connectivity index (χ2v) is 7.21. The number of likely N-dealkylation sites (tertiary alicyclic amines) is 1. The molecule has 0 aliphatic carbocycles. The number of aryl methyl sites for hydroxylation is 2. The molecule has 1 aromatic rings. The first-order chi connectivity index (χ1) is 11.5. The fraction of sp³-hybridized carbons (Fsp3) is 0.778. The summed E-state index contributed by atoms with van der Waals surface area (Å²) in [5.74, 6) is 0.622. The summed E-state index contributed by atoms with van der Waals surface area (Å²) in [5.41, 5.74) is 3.44. The van der Waals surface area contributed by atoms with E-state index in [-0.39, 0.29) is 18.1 Å². The van der Waals surface area contributed by atoms with Crippen LogP contribution in [0.5, 0.6) is 0 Å². The Kier molecular flexibility index (Phi) is 5.25. The smallest absolute Gasteiger partial charge is 0.239 e. The molecule has 2 fully saturated rings. The minimum atomic E-state index is -0.125. The van der Waals surface area contributed by atoms with Crippen molar-refractivity contribution < 1.29 is 9.53 Å². The summed E-state index contributed by atoms with van der Waals surface area (Å²) in [6.07, 6.45) is 3.38. The zero-order valence-electron chi connectivity index (χ0n) is 15.3. The number of ether oxygens (including phenoxy) is 1. The van der Waals surface area contributed by atoms with Crippen molar-refractivity contribution in [2.24, 2.45) is 13.0 Å². The summed E-state index contributed by atoms with van der Waals surface area (Å²) in [4.78, 5) is 14.4. The van der Waals surface area contributed by atoms with Crippen molar-refractivity contribution in [2.45, 2.75) is 52.2 Å². The Morgan fingerprint density at radius 1 is 1.38 bits per heavy atom. The van der Waals surface area contributed by atoms with Crippen molar-refractivity contribution in [1.82, 2.24) is 20.0 Å². The third-order valence-electron chi connectivity index (χ3n) is 5.54. The molecule has 2 aliphatic rings. The molecule has 3 atom stereocenters. The molecule has 3 heterocycles. The average Bonchev–Trinajstić information content (AvgIpc) is 3.27. The molecule has 134 valence electrons. The van der Waals surface area contributed by atoms with Crippen LogP contribution < -0.4 is 5.32 Å². The van der Waals surface area contributed by atoms with Gasteiger partial charge in [-0.3, -0.25) is 9.48 Å². The van der Waals surface area contributed by atoms with Crippen LogP contribution in [0.3, 0.4) is 0 Å². The Balaban J connectivity index is 1.61. The van der Waals surface area contributed by atoms with E-state index in [0.29, 0.717) is 5.92 Å². The van der Waals surface area contributed by atoms with E-state index in [1.54, 1.807) is 0 Å². The van der Waals surface area contributed by atoms with Crippen molar-refractivity contribution in [3.8, 4) is 0 Å². The van der Waals surface area contributed by atoms with Crippen molar-refractivity contribution in [2.75, 3.05) is 26.2 Å². The van der Waals surface area contributed by atoms with Crippen LogP contribution in [0.25, 0.3) is 0 Å². The highest BCUT2D eigenvalue weighted by Gasteiger charge is 2.34. The van der Waals surface area contributed by atoms with Gasteiger partial charge in [0.2, 0.25) is 5.91 Å². The van der Waals surface area contributed by atoms with Gasteiger partial charge in [-0.15, -0.1) is 0 Å². The number of hydrogen-bond donors (Lipinski definition) is 1. The molecule has 6 heteroatoms. The van der Waals surface area contributed by atoms with Gasteiger partial charge in [0.25, 0.3) is 0 Å². The number of hydrogen-bond acceptors (Lipinski definition) is 4. The maximum Gasteiger partial charge on any atom is 0.239 e. The van der Waals surface area contributed by atoms with Crippen LogP contribution >= 0.6 is 0 Å². The molecular weight excluding hydrogens is 304 g/mol. The zero-order chi connectivity index (χ0) is 17.3. The number of aromatic nitrogens is 2. The first-order valence-corrected chi connectivity index (χ1v) is 9.13. The van der Waals surface area contributed by atoms with Crippen molar-refractivity contribution >= 4 is 5.91 Å². The molecule has 0 aromatic carbocycles. The zero-order valence-corrected chi connectivity index (χ0v) is 15.3. The van der Waals surface area contributed by atoms with Crippen molar-refractivity contribution in [3.05, 3.63) is 17.0 Å². The summed E-state index contributed by atoms with van der Waals surface area (Å²) in [6.45, 7) is 9.53. The SMILES string of the molecule is Cc1nn(C)c(C)c1C1OCCC1CNC(C)C(=O)N1CCCC1. The summed E-state index contributed by atoms with van der Waals surface area (Å²) in [7, 11) is 1.98. The van der Waals surface area contributed by atoms with Crippen LogP contribution in [-0.2, 0) is 16.6 Å². The number of amides is 1. The van der Waals surface area contributed by atoms with Gasteiger partial charge in [-0.2, -0.15) is 5.10 Å². The first kappa shape index (κ1) is 17.4. The Morgan fingerprint density at radius 2 is 2.08 bits per heavy atom. The molecular formula is C18H30N4O2. The lowest BCUT2D eigenvalue weighted by atomic mass is 9.93. The molecule has 2 aliphatic heterocycles. The first-order valence-electron chi connectivity index (χ1n) is 9.13. The molecule has 1 N–H and O–H groups in total. The fourth-order valence-electron chi connectivity index (χ4n) is 3.99. The summed E-state index contributed by atoms with van der Waals surface area (Å²) in [5, 5.41) is 7.97. The van der Waals surface area contributed by atoms with Crippen LogP contribution in [0.1, 0.15) is 49.2 Å². The predicted molar refractivity (Wildman–Crippen MR) is 92.8 cm³/mol. The van der Waals surface area contributed by atoms with Crippen LogP contribution in [0.15, 0.2) is 0 Å². The van der Waals surface area contributed by atoms with Gasteiger partial charge in [0, 0.05) is 50.5 Å². The number of rotatable bonds is 5. The molecule has 0 spiro atoms. The normalized spacial score (nSPS) is 25.4. The highest BCUT2D eigenvalue weighted by Crippen LogP contribution is 2.37. The van der Waals surface area contributed by atoms with Crippen LogP contribution in [0, 0.1) is 19.8 Å². The lowest BCUT2D eigenvalue weighted by Gasteiger charge is -2.24. The van der Waals surface area contributed by atoms with Gasteiger partial charge in [0.05, 0.1) is 17.8 Å². The van der Waals surface area contributed by atoms with Crippen LogP contribution in [0.2, 0.25) is 0 Å². The maximum absolute atomic E-state index is 12.4. The fourth-order valence-corrected chi connectivity index (χ4v) is 3.99. The largest absolute Gasteiger partial charge is 0.373 e. The summed E-state index contributed by atoms with van der Waals surface area (Å²) < 4.78 is 7.96. The number of nitrogens with one attached hydrogen (secondary N) is 1. The van der Waals surface area contributed by atoms with Crippen molar-refractivity contribution in [3.63, 3.8) is 0 Å². The second kappa shape index (κ2) is 7.23. The van der Waals surface area contributed by atoms with Gasteiger partial charge in [0.1, 0.15) is 0 Å². The van der Waals surface area contributed by atoms with Gasteiger partial charge in [-0.1, -0.05) is 0 Å². The standard InChI is InChI=1S/C18H30N4O2/c1-12-16(14(3)21(4)20-12)17-15(7-10-24-17)11-19-13(2)18(23)22-8-5-6-9-22/h13,15,17,19H,5-11H2,1-4H3. The molecule has 3 rings (SSSR count). The van der Waals surface area contributed by atoms with Crippen LogP contribution in [-0.4, -0.2) is 52.9 Å². The molecule has 1 aromatic heterocycles. The molecule has 0 bridgehead atoms. The van der Waals surface area contributed by atoms with E-state index < -0.39 is 0 Å². The molecule has 0 radical (unpaired) electrons. The molecule has 24 heavy (non-hydrogen) atoms. The highest BCUT2D eigenvalue weighted by molar-refractivity contribution is 5.81. The second-order valence-electron chi connectivity index (χ2n) is 7.21. The number of carbonyl (C=O) groups is 1. The average molecular weight is 334 g/mol. The minimum Gasteiger partial charge on any atom is -0.373 e. The predicted octanol–water partition coefficient (Wildman–Crippen LogP) is 1.72. The summed E-state index contributed by atoms with van der Waals surface area (Å²) >= 11 is 0. The number of carbonyl (C=O) groups excluding carboxylic acids is 1. The quantitative estimate of drug-likeness (QED) is 0.891. The van der Waals surface area contributed by atoms with Gasteiger partial charge < -0.3 is 15.0 Å². The van der Waals surface area contributed by atoms with E-state index in [0.717, 1.165) is 51.2 Å². The van der Waals surface area contributed by atoms with Gasteiger partial charge in [-0.25, -0.2) is 0 Å². The molecule has 3 unspecified atom stereocenters. The van der Waals surface area contributed by atoms with E-state index in [4.69, 9.17) is 4.74 Å². The third-order valence-corrected chi connectivity index (χ3v) is 5.54. The van der Waals surface area contributed by atoms with E-state index >= 15 is 0 Å². The minimum absolute atomic E-state index is 0.0836. The number of nitrogens with zero attached hydrogens (tertiary/aromatic N) is 3. The third kappa shape index (κ3) is 3.35. The van der Waals surface area contributed by atoms with Gasteiger partial charge >= 0.3 is 0 Å². The van der Waals surface area contributed by atoms with E-state index in [2.05, 4.69) is 17.3 Å². The topological polar surface area (TPSA) is 59.4 Å². The Hall–Kier alpha value is -1.40. The lowest BCUT2D eigenvalue weighted by molar-refractivity contribution is -0.132. The highest BCUT2D eigenvalue weighted by atomic mass is 16.5. The van der Waals surface area contributed by atoms with E-state index in [9.17, 15) is 4.79 Å². The molecule has 2 saturated heterocycles. The Bertz CT molecular complexity index is 592. The monoisotopic (exact) mass is 334 g/mol. The maximum atomic E-state index is 12.4. The Labute approximate surface area is 144 Å². The van der Waals surface area contributed by atoms with Gasteiger partial charge in [0.15, 0.2) is 0 Å². The molecule has 1 amide bonds. The van der Waals surface area contributed by atoms with Crippen LogP contribution in [0.4, 0.5) is 0 Å². The van der Waals surface area contributed by atoms with E-state index in [1.807, 2.05) is 30.5 Å². The summed E-state index contributed by atoms with van der Waals surface area (Å²) in [6, 6.07) is -0.125. The molecule has 6 nitrogen and oxygen atoms in total. The molecule has 0 saturated carbocycles. The lowest BCUT2D eigenvalue weighted by Crippen LogP contribution is -2.45. The van der Waals surface area contributed by atoms with Crippen molar-refractivity contribution in [1.29, 1.82) is 0 Å². The Morgan fingerprint density at radius 3 is 2.71 bits per heavy atom. The van der Waals surface area contributed by atoms with Gasteiger partial charge in [-0.05, 0) is 40.0 Å².